The molecular weight excluding hydrogens is 542 g/mol. The number of methoxy groups -OCH3 is 3. The molecule has 0 saturated carbocycles. The predicted octanol–water partition coefficient (Wildman–Crippen LogP) is 4.36. The molecule has 0 fully saturated rings. The third-order valence-corrected chi connectivity index (χ3v) is 8.33. The molecule has 10 nitrogen and oxygen atoms in total. The zero-order chi connectivity index (χ0) is 28.0. The van der Waals surface area contributed by atoms with E-state index in [2.05, 4.69) is 10.3 Å². The number of carbonyl (C=O) groups is 1. The normalized spacial score (nSPS) is 11.9. The molecule has 1 N–H and O–H groups in total. The summed E-state index contributed by atoms with van der Waals surface area (Å²) < 4.78 is 47.4. The van der Waals surface area contributed by atoms with Gasteiger partial charge in [0.2, 0.25) is 6.10 Å². The molecule has 0 spiro atoms. The van der Waals surface area contributed by atoms with Gasteiger partial charge >= 0.3 is 0 Å². The minimum Gasteiger partial charge on any atom is -0.493 e. The molecule has 1 amide bonds. The summed E-state index contributed by atoms with van der Waals surface area (Å²) in [7, 11) is 0.939. The Morgan fingerprint density at radius 3 is 2.31 bits per heavy atom. The van der Waals surface area contributed by atoms with E-state index in [-0.39, 0.29) is 17.3 Å². The summed E-state index contributed by atoms with van der Waals surface area (Å²) in [6.07, 6.45) is -1.15. The molecule has 0 aliphatic rings. The Bertz CT molecular complexity index is 1570. The molecule has 1 aromatic heterocycles. The van der Waals surface area contributed by atoms with Gasteiger partial charge in [-0.25, -0.2) is 13.4 Å². The lowest BCUT2D eigenvalue weighted by atomic mass is 10.1. The van der Waals surface area contributed by atoms with Crippen molar-refractivity contribution in [1.29, 1.82) is 5.26 Å². The number of sulfone groups is 1. The van der Waals surface area contributed by atoms with Crippen molar-refractivity contribution >= 4 is 42.4 Å². The molecule has 0 aliphatic carbocycles. The molecule has 0 aliphatic heterocycles. The first-order valence-electron chi connectivity index (χ1n) is 11.6. The van der Waals surface area contributed by atoms with Crippen LogP contribution in [0.4, 0.5) is 5.13 Å². The number of aromatic nitrogens is 1. The summed E-state index contributed by atoms with van der Waals surface area (Å²) in [5, 5.41) is 12.2. The van der Waals surface area contributed by atoms with Crippen molar-refractivity contribution < 1.29 is 32.2 Å². The van der Waals surface area contributed by atoms with Crippen LogP contribution in [0.2, 0.25) is 0 Å². The number of thiazole rings is 1. The van der Waals surface area contributed by atoms with Crippen molar-refractivity contribution in [3.05, 3.63) is 71.8 Å². The number of fused-ring (bicyclic) bond motifs is 1. The zero-order valence-corrected chi connectivity index (χ0v) is 23.0. The molecule has 3 aromatic carbocycles. The fourth-order valence-electron chi connectivity index (χ4n) is 3.66. The highest BCUT2D eigenvalue weighted by molar-refractivity contribution is 7.91. The van der Waals surface area contributed by atoms with Crippen molar-refractivity contribution in [1.82, 2.24) is 4.98 Å². The topological polar surface area (TPSA) is 137 Å². The first-order chi connectivity index (χ1) is 18.8. The number of nitriles is 1. The average Bonchev–Trinajstić information content (AvgIpc) is 3.35. The Balaban J connectivity index is 1.64. The number of hydrogen-bond acceptors (Lipinski definition) is 10. The van der Waals surface area contributed by atoms with Gasteiger partial charge in [-0.1, -0.05) is 23.5 Å². The first kappa shape index (κ1) is 27.8. The lowest BCUT2D eigenvalue weighted by Gasteiger charge is -2.19. The number of benzene rings is 3. The van der Waals surface area contributed by atoms with Gasteiger partial charge in [0.15, 0.2) is 26.5 Å². The molecule has 1 atom stereocenters. The van der Waals surface area contributed by atoms with Gasteiger partial charge < -0.3 is 18.9 Å². The summed E-state index contributed by atoms with van der Waals surface area (Å²) >= 11 is 1.25. The molecule has 0 bridgehead atoms. The number of amides is 1. The van der Waals surface area contributed by atoms with Gasteiger partial charge in [-0.05, 0) is 36.4 Å². The summed E-state index contributed by atoms with van der Waals surface area (Å²) in [6, 6.07) is 17.8. The molecule has 202 valence electrons. The Labute approximate surface area is 229 Å². The predicted molar refractivity (Wildman–Crippen MR) is 146 cm³/mol. The van der Waals surface area contributed by atoms with Gasteiger partial charge in [0, 0.05) is 24.8 Å². The van der Waals surface area contributed by atoms with Crippen LogP contribution < -0.4 is 19.5 Å². The molecule has 12 heteroatoms. The fourth-order valence-corrected chi connectivity index (χ4v) is 5.71. The quantitative estimate of drug-likeness (QED) is 0.280. The van der Waals surface area contributed by atoms with Gasteiger partial charge in [-0.15, -0.1) is 0 Å². The maximum atomic E-state index is 13.5. The second-order valence-electron chi connectivity index (χ2n) is 8.20. The SMILES string of the molecule is COCCS(=O)(=O)c1ccc(C(Oc2ccc(C#N)cc2)C(=O)Nc2nc3cc(OC)c(OC)cc3s2)cc1. The lowest BCUT2D eigenvalue weighted by molar-refractivity contribution is -0.123. The van der Waals surface area contributed by atoms with Crippen LogP contribution in [0.3, 0.4) is 0 Å². The van der Waals surface area contributed by atoms with Crippen LogP contribution in [0.15, 0.2) is 65.6 Å². The Hall–Kier alpha value is -4.18. The molecule has 1 unspecified atom stereocenters. The van der Waals surface area contributed by atoms with Gasteiger partial charge in [0.1, 0.15) is 5.75 Å². The Kier molecular flexibility index (Phi) is 8.65. The van der Waals surface area contributed by atoms with Crippen molar-refractivity contribution in [3.8, 4) is 23.3 Å². The second-order valence-corrected chi connectivity index (χ2v) is 11.3. The van der Waals surface area contributed by atoms with Crippen LogP contribution in [0.25, 0.3) is 10.2 Å². The zero-order valence-electron chi connectivity index (χ0n) is 21.3. The number of carbonyl (C=O) groups excluding carboxylic acids is 1. The van der Waals surface area contributed by atoms with E-state index in [0.29, 0.717) is 39.0 Å². The number of hydrogen-bond donors (Lipinski definition) is 1. The van der Waals surface area contributed by atoms with Gasteiger partial charge in [-0.2, -0.15) is 5.26 Å². The number of nitrogens with one attached hydrogen (secondary N) is 1. The van der Waals surface area contributed by atoms with Gasteiger partial charge in [-0.3, -0.25) is 10.1 Å². The Morgan fingerprint density at radius 2 is 1.69 bits per heavy atom. The van der Waals surface area contributed by atoms with Crippen LogP contribution in [0.5, 0.6) is 17.2 Å². The number of rotatable bonds is 11. The van der Waals surface area contributed by atoms with Crippen LogP contribution in [-0.2, 0) is 19.4 Å². The minimum absolute atomic E-state index is 0.0663. The number of ether oxygens (including phenoxy) is 4. The summed E-state index contributed by atoms with van der Waals surface area (Å²) in [6.45, 7) is 0.0663. The molecule has 4 aromatic rings. The molecule has 0 saturated heterocycles. The summed E-state index contributed by atoms with van der Waals surface area (Å²) in [5.41, 5.74) is 1.48. The smallest absolute Gasteiger partial charge is 0.271 e. The maximum Gasteiger partial charge on any atom is 0.271 e. The van der Waals surface area contributed by atoms with Gasteiger partial charge in [0.25, 0.3) is 5.91 Å². The van der Waals surface area contributed by atoms with E-state index in [4.69, 9.17) is 24.2 Å². The van der Waals surface area contributed by atoms with Crippen LogP contribution >= 0.6 is 11.3 Å². The van der Waals surface area contributed by atoms with E-state index in [0.717, 1.165) is 4.70 Å². The van der Waals surface area contributed by atoms with Crippen LogP contribution in [0, 0.1) is 11.3 Å². The molecule has 0 radical (unpaired) electrons. The van der Waals surface area contributed by atoms with E-state index in [1.54, 1.807) is 36.4 Å². The number of nitrogens with zero attached hydrogens (tertiary/aromatic N) is 2. The van der Waals surface area contributed by atoms with E-state index in [1.807, 2.05) is 6.07 Å². The molecule has 4 rings (SSSR count). The molecule has 1 heterocycles. The van der Waals surface area contributed by atoms with Crippen molar-refractivity contribution in [2.24, 2.45) is 0 Å². The van der Waals surface area contributed by atoms with E-state index in [9.17, 15) is 13.2 Å². The molecule has 39 heavy (non-hydrogen) atoms. The van der Waals surface area contributed by atoms with Gasteiger partial charge in [0.05, 0.1) is 53.3 Å². The molecular formula is C27H25N3O7S2. The number of anilines is 1. The van der Waals surface area contributed by atoms with Crippen LogP contribution in [-0.4, -0.2) is 53.0 Å². The fraction of sp³-hybridized carbons (Fsp3) is 0.222. The average molecular weight is 568 g/mol. The third-order valence-electron chi connectivity index (χ3n) is 5.70. The monoisotopic (exact) mass is 567 g/mol. The van der Waals surface area contributed by atoms with E-state index in [1.165, 1.54) is 56.9 Å². The largest absolute Gasteiger partial charge is 0.493 e. The van der Waals surface area contributed by atoms with E-state index >= 15 is 0 Å². The second kappa shape index (κ2) is 12.1. The van der Waals surface area contributed by atoms with Crippen molar-refractivity contribution in [2.75, 3.05) is 39.0 Å². The highest BCUT2D eigenvalue weighted by Crippen LogP contribution is 2.36. The van der Waals surface area contributed by atoms with Crippen molar-refractivity contribution in [3.63, 3.8) is 0 Å². The van der Waals surface area contributed by atoms with E-state index < -0.39 is 21.8 Å². The summed E-state index contributed by atoms with van der Waals surface area (Å²) in [5.74, 6) is 0.712. The minimum atomic E-state index is -3.55. The highest BCUT2D eigenvalue weighted by Gasteiger charge is 2.25. The van der Waals surface area contributed by atoms with Crippen molar-refractivity contribution in [2.45, 2.75) is 11.0 Å². The first-order valence-corrected chi connectivity index (χ1v) is 14.1. The lowest BCUT2D eigenvalue weighted by Crippen LogP contribution is -2.25. The van der Waals surface area contributed by atoms with Crippen LogP contribution in [0.1, 0.15) is 17.2 Å². The summed E-state index contributed by atoms with van der Waals surface area (Å²) in [4.78, 5) is 18.1. The highest BCUT2D eigenvalue weighted by atomic mass is 32.2. The Morgan fingerprint density at radius 1 is 1.03 bits per heavy atom. The third kappa shape index (κ3) is 6.46. The standard InChI is InChI=1S/C27H25N3O7S2/c1-34-12-13-39(32,33)20-10-6-18(7-11-20)25(37-19-8-4-17(16-28)5-9-19)26(31)30-27-29-21-14-22(35-2)23(36-3)15-24(21)38-27/h4-11,14-15,25H,12-13H2,1-3H3,(H,29,30,31). The maximum absolute atomic E-state index is 13.5.